The Morgan fingerprint density at radius 3 is 2.78 bits per heavy atom. The zero-order chi connectivity index (χ0) is 16.7. The molecule has 0 bridgehead atoms. The van der Waals surface area contributed by atoms with Crippen LogP contribution in [0.3, 0.4) is 0 Å². The normalized spacial score (nSPS) is 15.2. The van der Waals surface area contributed by atoms with E-state index in [1.54, 1.807) is 6.07 Å². The first-order valence-corrected chi connectivity index (χ1v) is 8.22. The molecule has 6 nitrogen and oxygen atoms in total. The highest BCUT2D eigenvalue weighted by Gasteiger charge is 2.17. The van der Waals surface area contributed by atoms with E-state index in [9.17, 15) is 4.79 Å². The van der Waals surface area contributed by atoms with E-state index in [-0.39, 0.29) is 16.6 Å². The summed E-state index contributed by atoms with van der Waals surface area (Å²) < 4.78 is 10.7. The van der Waals surface area contributed by atoms with Gasteiger partial charge >= 0.3 is 5.97 Å². The van der Waals surface area contributed by atoms with E-state index in [0.29, 0.717) is 12.4 Å². The number of hydrogen-bond donors (Lipinski definition) is 1. The molecule has 126 valence electrons. The fraction of sp³-hybridized carbons (Fsp3) is 0.562. The van der Waals surface area contributed by atoms with Crippen molar-refractivity contribution in [2.45, 2.75) is 32.6 Å². The summed E-state index contributed by atoms with van der Waals surface area (Å²) in [7, 11) is 0. The third-order valence-electron chi connectivity index (χ3n) is 3.66. The zero-order valence-corrected chi connectivity index (χ0v) is 14.1. The lowest BCUT2D eigenvalue weighted by atomic mass is 10.1. The molecule has 1 N–H and O–H groups in total. The van der Waals surface area contributed by atoms with Crippen molar-refractivity contribution < 1.29 is 14.3 Å². The number of ether oxygens (including phenoxy) is 2. The van der Waals surface area contributed by atoms with Gasteiger partial charge in [-0.15, -0.1) is 0 Å². The Kier molecular flexibility index (Phi) is 6.80. The molecule has 0 saturated carbocycles. The van der Waals surface area contributed by atoms with Crippen molar-refractivity contribution in [3.63, 3.8) is 0 Å². The van der Waals surface area contributed by atoms with Crippen LogP contribution in [0.4, 0.5) is 0 Å². The smallest absolute Gasteiger partial charge is 0.309 e. The second kappa shape index (κ2) is 8.84. The van der Waals surface area contributed by atoms with Crippen LogP contribution in [0, 0.1) is 5.41 Å². The van der Waals surface area contributed by atoms with E-state index in [1.807, 2.05) is 0 Å². The number of aromatic nitrogens is 1. The number of pyridine rings is 1. The summed E-state index contributed by atoms with van der Waals surface area (Å²) in [6, 6.07) is 1.63. The predicted molar refractivity (Wildman–Crippen MR) is 88.6 cm³/mol. The minimum absolute atomic E-state index is 0.00558. The summed E-state index contributed by atoms with van der Waals surface area (Å²) in [5.41, 5.74) is 0.210. The molecule has 0 atom stereocenters. The van der Waals surface area contributed by atoms with E-state index in [4.69, 9.17) is 26.5 Å². The molecular weight excluding hydrogens is 318 g/mol. The Morgan fingerprint density at radius 1 is 1.39 bits per heavy atom. The summed E-state index contributed by atoms with van der Waals surface area (Å²) in [5.74, 6) is -0.0974. The predicted octanol–water partition coefficient (Wildman–Crippen LogP) is 2.83. The number of carbonyl (C=O) groups is 1. The lowest BCUT2D eigenvalue weighted by Crippen LogP contribution is -2.31. The quantitative estimate of drug-likeness (QED) is 0.469. The fourth-order valence-electron chi connectivity index (χ4n) is 2.62. The minimum atomic E-state index is -0.515. The molecule has 1 aromatic rings. The van der Waals surface area contributed by atoms with Crippen molar-refractivity contribution in [1.82, 2.24) is 9.88 Å². The Bertz CT molecular complexity index is 560. The number of hydrogen-bond acceptors (Lipinski definition) is 6. The highest BCUT2D eigenvalue weighted by atomic mass is 35.5. The first-order chi connectivity index (χ1) is 11.1. The molecule has 1 saturated heterocycles. The molecule has 2 rings (SSSR count). The lowest BCUT2D eigenvalue weighted by Gasteiger charge is -2.26. The van der Waals surface area contributed by atoms with E-state index in [0.717, 1.165) is 26.1 Å². The molecule has 0 spiro atoms. The zero-order valence-electron chi connectivity index (χ0n) is 13.3. The van der Waals surface area contributed by atoms with Crippen LogP contribution in [0.1, 0.15) is 38.2 Å². The number of rotatable bonds is 7. The second-order valence-corrected chi connectivity index (χ2v) is 5.88. The number of carbonyl (C=O) groups excluding carboxylic acids is 1. The van der Waals surface area contributed by atoms with Crippen molar-refractivity contribution in [3.05, 3.63) is 17.8 Å². The van der Waals surface area contributed by atoms with Gasteiger partial charge in [-0.1, -0.05) is 18.0 Å². The van der Waals surface area contributed by atoms with Crippen LogP contribution in [-0.2, 0) is 4.79 Å². The van der Waals surface area contributed by atoms with Crippen molar-refractivity contribution in [2.75, 3.05) is 26.2 Å². The molecule has 1 fully saturated rings. The fourth-order valence-corrected chi connectivity index (χ4v) is 2.79. The molecule has 1 aliphatic heterocycles. The van der Waals surface area contributed by atoms with Crippen molar-refractivity contribution in [2.24, 2.45) is 0 Å². The van der Waals surface area contributed by atoms with E-state index in [2.05, 4.69) is 9.88 Å². The Balaban J connectivity index is 1.93. The maximum atomic E-state index is 11.1. The van der Waals surface area contributed by atoms with E-state index in [1.165, 1.54) is 32.4 Å². The number of piperidine rings is 1. The Labute approximate surface area is 141 Å². The van der Waals surface area contributed by atoms with Gasteiger partial charge < -0.3 is 14.4 Å². The van der Waals surface area contributed by atoms with Gasteiger partial charge in [0.25, 0.3) is 0 Å². The van der Waals surface area contributed by atoms with Crippen LogP contribution < -0.4 is 9.47 Å². The van der Waals surface area contributed by atoms with Gasteiger partial charge in [0.1, 0.15) is 16.5 Å². The Morgan fingerprint density at radius 2 is 2.13 bits per heavy atom. The topological polar surface area (TPSA) is 75.5 Å². The van der Waals surface area contributed by atoms with E-state index >= 15 is 0 Å². The molecule has 0 amide bonds. The standard InChI is InChI=1S/C16H22ClN3O3/c1-12(21)23-16-14(15(17)18)13(6-7-19-16)22-11-5-10-20-8-3-2-4-9-20/h6-7,18H,2-5,8-11H2,1H3. The summed E-state index contributed by atoms with van der Waals surface area (Å²) in [4.78, 5) is 17.5. The third kappa shape index (κ3) is 5.48. The molecule has 2 heterocycles. The van der Waals surface area contributed by atoms with Gasteiger partial charge in [-0.25, -0.2) is 4.98 Å². The van der Waals surface area contributed by atoms with Crippen LogP contribution in [0.2, 0.25) is 0 Å². The highest BCUT2D eigenvalue weighted by molar-refractivity contribution is 6.69. The number of nitrogens with zero attached hydrogens (tertiary/aromatic N) is 2. The van der Waals surface area contributed by atoms with Crippen LogP contribution in [0.15, 0.2) is 12.3 Å². The molecule has 0 aromatic carbocycles. The number of nitrogens with one attached hydrogen (secondary N) is 1. The average Bonchev–Trinajstić information content (AvgIpc) is 2.52. The second-order valence-electron chi connectivity index (χ2n) is 5.50. The van der Waals surface area contributed by atoms with Crippen LogP contribution in [0.25, 0.3) is 0 Å². The van der Waals surface area contributed by atoms with Crippen LogP contribution in [0.5, 0.6) is 11.6 Å². The SMILES string of the molecule is CC(=O)Oc1nccc(OCCCN2CCCCC2)c1C(=N)Cl. The monoisotopic (exact) mass is 339 g/mol. The maximum Gasteiger partial charge on any atom is 0.309 e. The summed E-state index contributed by atoms with van der Waals surface area (Å²) >= 11 is 5.80. The molecule has 0 aliphatic carbocycles. The van der Waals surface area contributed by atoms with Crippen molar-refractivity contribution in [1.29, 1.82) is 5.41 Å². The number of likely N-dealkylation sites (tertiary alicyclic amines) is 1. The number of halogens is 1. The molecule has 0 unspecified atom stereocenters. The highest BCUT2D eigenvalue weighted by Crippen LogP contribution is 2.28. The van der Waals surface area contributed by atoms with Crippen molar-refractivity contribution >= 4 is 22.7 Å². The molecule has 23 heavy (non-hydrogen) atoms. The van der Waals surface area contributed by atoms with Gasteiger partial charge in [-0.3, -0.25) is 10.2 Å². The van der Waals surface area contributed by atoms with E-state index < -0.39 is 5.97 Å². The van der Waals surface area contributed by atoms with Gasteiger partial charge in [0.15, 0.2) is 0 Å². The third-order valence-corrected chi connectivity index (χ3v) is 3.85. The van der Waals surface area contributed by atoms with Gasteiger partial charge in [-0.05, 0) is 38.4 Å². The molecule has 1 aromatic heterocycles. The summed E-state index contributed by atoms with van der Waals surface area (Å²) in [6.07, 6.45) is 6.22. The van der Waals surface area contributed by atoms with Crippen LogP contribution >= 0.6 is 11.6 Å². The molecule has 1 aliphatic rings. The maximum absolute atomic E-state index is 11.1. The molecular formula is C16H22ClN3O3. The van der Waals surface area contributed by atoms with Gasteiger partial charge in [0.05, 0.1) is 6.61 Å². The number of esters is 1. The lowest BCUT2D eigenvalue weighted by molar-refractivity contribution is -0.132. The van der Waals surface area contributed by atoms with Gasteiger partial charge in [0.2, 0.25) is 5.88 Å². The first-order valence-electron chi connectivity index (χ1n) is 7.85. The first kappa shape index (κ1) is 17.7. The van der Waals surface area contributed by atoms with Gasteiger partial charge in [0, 0.05) is 19.7 Å². The Hall–Kier alpha value is -1.66. The van der Waals surface area contributed by atoms with Crippen LogP contribution in [-0.4, -0.2) is 47.3 Å². The summed E-state index contributed by atoms with van der Waals surface area (Å²) in [6.45, 7) is 5.09. The average molecular weight is 340 g/mol. The van der Waals surface area contributed by atoms with Gasteiger partial charge in [-0.2, -0.15) is 0 Å². The largest absolute Gasteiger partial charge is 0.493 e. The molecule has 7 heteroatoms. The van der Waals surface area contributed by atoms with Crippen molar-refractivity contribution in [3.8, 4) is 11.6 Å². The summed E-state index contributed by atoms with van der Waals surface area (Å²) in [5, 5.41) is 7.38. The minimum Gasteiger partial charge on any atom is -0.493 e. The molecule has 0 radical (unpaired) electrons.